The summed E-state index contributed by atoms with van der Waals surface area (Å²) in [7, 11) is 1.98. The fourth-order valence-corrected chi connectivity index (χ4v) is 2.59. The number of likely N-dealkylation sites (N-methyl/N-ethyl adjacent to an activating group) is 1. The summed E-state index contributed by atoms with van der Waals surface area (Å²) < 4.78 is 1.92. The molecule has 0 saturated carbocycles. The predicted octanol–water partition coefficient (Wildman–Crippen LogP) is 2.08. The number of hydrogen-bond donors (Lipinski definition) is 1. The van der Waals surface area contributed by atoms with Gasteiger partial charge in [0, 0.05) is 42.3 Å². The number of aromatic nitrogens is 3. The van der Waals surface area contributed by atoms with Crippen LogP contribution < -0.4 is 5.32 Å². The summed E-state index contributed by atoms with van der Waals surface area (Å²) in [6, 6.07) is 0.305. The molecule has 2 rings (SSSR count). The van der Waals surface area contributed by atoms with Gasteiger partial charge in [0.05, 0.1) is 11.2 Å². The Kier molecular flexibility index (Phi) is 3.91. The van der Waals surface area contributed by atoms with Gasteiger partial charge in [-0.25, -0.2) is 4.98 Å². The molecular formula is C12H18N4S. The van der Waals surface area contributed by atoms with Gasteiger partial charge in [-0.15, -0.1) is 11.3 Å². The van der Waals surface area contributed by atoms with Crippen LogP contribution in [0.5, 0.6) is 0 Å². The van der Waals surface area contributed by atoms with Gasteiger partial charge >= 0.3 is 0 Å². The molecule has 0 aliphatic rings. The monoisotopic (exact) mass is 250 g/mol. The minimum atomic E-state index is 0.305. The molecule has 5 heteroatoms. The van der Waals surface area contributed by atoms with Gasteiger partial charge in [-0.1, -0.05) is 6.92 Å². The molecule has 0 aromatic carbocycles. The standard InChI is InChI=1S/C12H18N4S/c1-4-13-11(7-12-14-5-6-17-12)10-8-15-16(3)9(10)2/h5-6,8,11,13H,4,7H2,1-3H3. The van der Waals surface area contributed by atoms with Crippen LogP contribution in [-0.4, -0.2) is 21.3 Å². The number of nitrogens with one attached hydrogen (secondary N) is 1. The highest BCUT2D eigenvalue weighted by Crippen LogP contribution is 2.22. The van der Waals surface area contributed by atoms with Crippen LogP contribution in [0.15, 0.2) is 17.8 Å². The molecule has 0 bridgehead atoms. The van der Waals surface area contributed by atoms with E-state index < -0.39 is 0 Å². The lowest BCUT2D eigenvalue weighted by molar-refractivity contribution is 0.545. The molecule has 2 aromatic rings. The van der Waals surface area contributed by atoms with Gasteiger partial charge < -0.3 is 5.32 Å². The van der Waals surface area contributed by atoms with Crippen molar-refractivity contribution in [1.82, 2.24) is 20.1 Å². The quantitative estimate of drug-likeness (QED) is 0.883. The average Bonchev–Trinajstić information content (AvgIpc) is 2.91. The van der Waals surface area contributed by atoms with Crippen molar-refractivity contribution in [1.29, 1.82) is 0 Å². The van der Waals surface area contributed by atoms with Gasteiger partial charge in [0.1, 0.15) is 0 Å². The van der Waals surface area contributed by atoms with Crippen LogP contribution >= 0.6 is 11.3 Å². The predicted molar refractivity (Wildman–Crippen MR) is 70.2 cm³/mol. The van der Waals surface area contributed by atoms with E-state index in [9.17, 15) is 0 Å². The molecular weight excluding hydrogens is 232 g/mol. The van der Waals surface area contributed by atoms with E-state index in [0.717, 1.165) is 13.0 Å². The first kappa shape index (κ1) is 12.3. The Morgan fingerprint density at radius 3 is 2.88 bits per heavy atom. The molecule has 0 saturated heterocycles. The van der Waals surface area contributed by atoms with E-state index in [-0.39, 0.29) is 0 Å². The third kappa shape index (κ3) is 2.73. The fourth-order valence-electron chi connectivity index (χ4n) is 1.92. The number of aryl methyl sites for hydroxylation is 1. The summed E-state index contributed by atoms with van der Waals surface area (Å²) in [6.45, 7) is 5.18. The maximum atomic E-state index is 4.35. The van der Waals surface area contributed by atoms with Crippen molar-refractivity contribution < 1.29 is 0 Å². The van der Waals surface area contributed by atoms with E-state index in [1.807, 2.05) is 29.5 Å². The third-order valence-electron chi connectivity index (χ3n) is 2.96. The number of rotatable bonds is 5. The van der Waals surface area contributed by atoms with Crippen LogP contribution in [0.1, 0.15) is 29.2 Å². The first-order chi connectivity index (χ1) is 8.22. The molecule has 0 radical (unpaired) electrons. The molecule has 0 aliphatic carbocycles. The Hall–Kier alpha value is -1.20. The van der Waals surface area contributed by atoms with Crippen LogP contribution in [-0.2, 0) is 13.5 Å². The molecule has 2 heterocycles. The fraction of sp³-hybridized carbons (Fsp3) is 0.500. The lowest BCUT2D eigenvalue weighted by Gasteiger charge is -2.16. The van der Waals surface area contributed by atoms with Gasteiger partial charge in [0.15, 0.2) is 0 Å². The lowest BCUT2D eigenvalue weighted by Crippen LogP contribution is -2.23. The number of hydrogen-bond acceptors (Lipinski definition) is 4. The van der Waals surface area contributed by atoms with Crippen LogP contribution in [0.4, 0.5) is 0 Å². The Labute approximate surface area is 106 Å². The van der Waals surface area contributed by atoms with E-state index >= 15 is 0 Å². The first-order valence-corrected chi connectivity index (χ1v) is 6.70. The highest BCUT2D eigenvalue weighted by Gasteiger charge is 2.17. The van der Waals surface area contributed by atoms with Crippen molar-refractivity contribution in [3.05, 3.63) is 34.0 Å². The Balaban J connectivity index is 2.20. The summed E-state index contributed by atoms with van der Waals surface area (Å²) in [5.41, 5.74) is 2.48. The second-order valence-electron chi connectivity index (χ2n) is 4.05. The van der Waals surface area contributed by atoms with Crippen LogP contribution in [0.3, 0.4) is 0 Å². The molecule has 1 N–H and O–H groups in total. The number of nitrogens with zero attached hydrogens (tertiary/aromatic N) is 3. The number of thiazole rings is 1. The zero-order chi connectivity index (χ0) is 12.3. The van der Waals surface area contributed by atoms with Crippen molar-refractivity contribution in [2.75, 3.05) is 6.54 Å². The molecule has 2 aromatic heterocycles. The van der Waals surface area contributed by atoms with E-state index in [4.69, 9.17) is 0 Å². The molecule has 0 amide bonds. The molecule has 4 nitrogen and oxygen atoms in total. The highest BCUT2D eigenvalue weighted by molar-refractivity contribution is 7.09. The SMILES string of the molecule is CCNC(Cc1nccs1)c1cnn(C)c1C. The smallest absolute Gasteiger partial charge is 0.0943 e. The second-order valence-corrected chi connectivity index (χ2v) is 5.03. The first-order valence-electron chi connectivity index (χ1n) is 5.82. The van der Waals surface area contributed by atoms with Crippen molar-refractivity contribution in [2.24, 2.45) is 7.05 Å². The maximum Gasteiger partial charge on any atom is 0.0943 e. The summed E-state index contributed by atoms with van der Waals surface area (Å²) >= 11 is 1.71. The molecule has 1 atom stereocenters. The molecule has 0 aliphatic heterocycles. The zero-order valence-corrected chi connectivity index (χ0v) is 11.3. The Morgan fingerprint density at radius 1 is 1.53 bits per heavy atom. The summed E-state index contributed by atoms with van der Waals surface area (Å²) in [4.78, 5) is 4.35. The van der Waals surface area contributed by atoms with E-state index in [2.05, 4.69) is 29.2 Å². The molecule has 17 heavy (non-hydrogen) atoms. The largest absolute Gasteiger partial charge is 0.310 e. The van der Waals surface area contributed by atoms with E-state index in [1.165, 1.54) is 16.3 Å². The second kappa shape index (κ2) is 5.42. The van der Waals surface area contributed by atoms with Crippen LogP contribution in [0, 0.1) is 6.92 Å². The maximum absolute atomic E-state index is 4.35. The normalized spacial score (nSPS) is 12.9. The summed E-state index contributed by atoms with van der Waals surface area (Å²) in [5, 5.41) is 11.0. The van der Waals surface area contributed by atoms with Crippen molar-refractivity contribution in [2.45, 2.75) is 26.3 Å². The Morgan fingerprint density at radius 2 is 2.35 bits per heavy atom. The van der Waals surface area contributed by atoms with E-state index in [1.54, 1.807) is 11.3 Å². The lowest BCUT2D eigenvalue weighted by atomic mass is 10.1. The molecule has 0 fully saturated rings. The topological polar surface area (TPSA) is 42.7 Å². The van der Waals surface area contributed by atoms with Gasteiger partial charge in [-0.05, 0) is 13.5 Å². The van der Waals surface area contributed by atoms with Crippen molar-refractivity contribution in [3.8, 4) is 0 Å². The zero-order valence-electron chi connectivity index (χ0n) is 10.5. The summed E-state index contributed by atoms with van der Waals surface area (Å²) in [6.07, 6.45) is 4.74. The van der Waals surface area contributed by atoms with Gasteiger partial charge in [-0.2, -0.15) is 5.10 Å². The van der Waals surface area contributed by atoms with Gasteiger partial charge in [-0.3, -0.25) is 4.68 Å². The minimum Gasteiger partial charge on any atom is -0.310 e. The minimum absolute atomic E-state index is 0.305. The Bertz CT molecular complexity index is 461. The van der Waals surface area contributed by atoms with Crippen molar-refractivity contribution >= 4 is 11.3 Å². The third-order valence-corrected chi connectivity index (χ3v) is 3.76. The van der Waals surface area contributed by atoms with Crippen molar-refractivity contribution in [3.63, 3.8) is 0 Å². The highest BCUT2D eigenvalue weighted by atomic mass is 32.1. The van der Waals surface area contributed by atoms with E-state index in [0.29, 0.717) is 6.04 Å². The summed E-state index contributed by atoms with van der Waals surface area (Å²) in [5.74, 6) is 0. The van der Waals surface area contributed by atoms with Gasteiger partial charge in [0.2, 0.25) is 0 Å². The van der Waals surface area contributed by atoms with Crippen LogP contribution in [0.25, 0.3) is 0 Å². The average molecular weight is 250 g/mol. The molecule has 92 valence electrons. The van der Waals surface area contributed by atoms with Crippen LogP contribution in [0.2, 0.25) is 0 Å². The van der Waals surface area contributed by atoms with Gasteiger partial charge in [0.25, 0.3) is 0 Å². The molecule has 1 unspecified atom stereocenters. The molecule has 0 spiro atoms.